The predicted octanol–water partition coefficient (Wildman–Crippen LogP) is 1.33. The second-order valence-corrected chi connectivity index (χ2v) is 3.29. The van der Waals surface area contributed by atoms with Crippen LogP contribution in [0.1, 0.15) is 17.5 Å². The molecule has 7 heteroatoms. The van der Waals surface area contributed by atoms with E-state index in [0.717, 1.165) is 0 Å². The molecular weight excluding hydrogens is 238 g/mol. The molecule has 0 aliphatic heterocycles. The Bertz CT molecular complexity index is 453. The van der Waals surface area contributed by atoms with Gasteiger partial charge in [-0.15, -0.1) is 0 Å². The number of nitrogens with zero attached hydrogens (tertiary/aromatic N) is 2. The summed E-state index contributed by atoms with van der Waals surface area (Å²) in [4.78, 5) is 26.6. The van der Waals surface area contributed by atoms with Crippen molar-refractivity contribution in [1.82, 2.24) is 9.55 Å². The molecule has 0 fully saturated rings. The molecule has 98 valence electrons. The monoisotopic (exact) mass is 253 g/mol. The van der Waals surface area contributed by atoms with E-state index in [-0.39, 0.29) is 24.9 Å². The Hall–Kier alpha value is -2.31. The molecule has 0 aliphatic rings. The van der Waals surface area contributed by atoms with Gasteiger partial charge in [0, 0.05) is 13.2 Å². The van der Waals surface area contributed by atoms with E-state index in [1.54, 1.807) is 14.0 Å². The lowest BCUT2D eigenvalue weighted by molar-refractivity contribution is 0.0508. The van der Waals surface area contributed by atoms with Crippen molar-refractivity contribution in [2.45, 2.75) is 6.92 Å². The number of amides is 1. The van der Waals surface area contributed by atoms with Crippen molar-refractivity contribution in [3.8, 4) is 0 Å². The minimum absolute atomic E-state index is 0.101. The van der Waals surface area contributed by atoms with E-state index in [1.807, 2.05) is 0 Å². The molecule has 0 atom stereocenters. The lowest BCUT2D eigenvalue weighted by atomic mass is 10.6. The third kappa shape index (κ3) is 3.62. The first-order valence-electron chi connectivity index (χ1n) is 5.33. The molecule has 1 rings (SSSR count). The van der Waals surface area contributed by atoms with Gasteiger partial charge in [-0.1, -0.05) is 12.7 Å². The Kier molecular flexibility index (Phi) is 4.91. The number of imidazole rings is 1. The SMILES string of the molecule is C=CCOC(=O)Nc1cn(C)c(C(=O)OCC)n1. The van der Waals surface area contributed by atoms with Crippen molar-refractivity contribution in [1.29, 1.82) is 0 Å². The summed E-state index contributed by atoms with van der Waals surface area (Å²) in [7, 11) is 1.62. The molecule has 1 aromatic rings. The number of carbonyl (C=O) groups is 2. The van der Waals surface area contributed by atoms with Crippen molar-refractivity contribution in [2.24, 2.45) is 7.05 Å². The lowest BCUT2D eigenvalue weighted by Crippen LogP contribution is -2.14. The number of carbonyl (C=O) groups excluding carboxylic acids is 2. The summed E-state index contributed by atoms with van der Waals surface area (Å²) >= 11 is 0. The second kappa shape index (κ2) is 6.43. The predicted molar refractivity (Wildman–Crippen MR) is 64.3 cm³/mol. The number of nitrogens with one attached hydrogen (secondary N) is 1. The van der Waals surface area contributed by atoms with Crippen LogP contribution in [0.3, 0.4) is 0 Å². The molecular formula is C11H15N3O4. The van der Waals surface area contributed by atoms with Gasteiger partial charge in [0.05, 0.1) is 6.61 Å². The van der Waals surface area contributed by atoms with Gasteiger partial charge in [-0.2, -0.15) is 0 Å². The standard InChI is InChI=1S/C11H15N3O4/c1-4-6-18-11(16)13-8-7-14(3)9(12-8)10(15)17-5-2/h4,7H,1,5-6H2,2-3H3,(H,13,16). The van der Waals surface area contributed by atoms with Gasteiger partial charge in [-0.25, -0.2) is 14.6 Å². The minimum Gasteiger partial charge on any atom is -0.460 e. The molecule has 18 heavy (non-hydrogen) atoms. The Labute approximate surface area is 104 Å². The molecule has 1 heterocycles. The zero-order valence-corrected chi connectivity index (χ0v) is 10.3. The lowest BCUT2D eigenvalue weighted by Gasteiger charge is -2.01. The number of aryl methyl sites for hydroxylation is 1. The van der Waals surface area contributed by atoms with E-state index in [2.05, 4.69) is 16.9 Å². The fourth-order valence-corrected chi connectivity index (χ4v) is 1.19. The average molecular weight is 253 g/mol. The number of hydrogen-bond donors (Lipinski definition) is 1. The fourth-order valence-electron chi connectivity index (χ4n) is 1.19. The van der Waals surface area contributed by atoms with Crippen LogP contribution in [0.5, 0.6) is 0 Å². The number of anilines is 1. The third-order valence-electron chi connectivity index (χ3n) is 1.90. The molecule has 0 aromatic carbocycles. The number of aromatic nitrogens is 2. The summed E-state index contributed by atoms with van der Waals surface area (Å²) < 4.78 is 11.0. The topological polar surface area (TPSA) is 82.5 Å². The van der Waals surface area contributed by atoms with Crippen molar-refractivity contribution >= 4 is 17.9 Å². The quantitative estimate of drug-likeness (QED) is 0.632. The van der Waals surface area contributed by atoms with Crippen LogP contribution in [0.4, 0.5) is 10.6 Å². The highest BCUT2D eigenvalue weighted by Gasteiger charge is 2.16. The van der Waals surface area contributed by atoms with E-state index in [9.17, 15) is 9.59 Å². The Morgan fingerprint density at radius 1 is 1.56 bits per heavy atom. The van der Waals surface area contributed by atoms with Gasteiger partial charge in [-0.3, -0.25) is 5.32 Å². The van der Waals surface area contributed by atoms with E-state index >= 15 is 0 Å². The average Bonchev–Trinajstić information content (AvgIpc) is 2.68. The molecule has 0 saturated heterocycles. The maximum absolute atomic E-state index is 11.5. The van der Waals surface area contributed by atoms with Crippen molar-refractivity contribution in [3.63, 3.8) is 0 Å². The van der Waals surface area contributed by atoms with Crippen LogP contribution in [0.25, 0.3) is 0 Å². The van der Waals surface area contributed by atoms with E-state index in [0.29, 0.717) is 0 Å². The Morgan fingerprint density at radius 2 is 2.28 bits per heavy atom. The first-order chi connectivity index (χ1) is 8.58. The van der Waals surface area contributed by atoms with Crippen molar-refractivity contribution in [2.75, 3.05) is 18.5 Å². The summed E-state index contributed by atoms with van der Waals surface area (Å²) in [5.74, 6) is -0.224. The fraction of sp³-hybridized carbons (Fsp3) is 0.364. The highest BCUT2D eigenvalue weighted by Crippen LogP contribution is 2.08. The van der Waals surface area contributed by atoms with Crippen molar-refractivity contribution < 1.29 is 19.1 Å². The Balaban J connectivity index is 2.69. The van der Waals surface area contributed by atoms with Gasteiger partial charge in [0.15, 0.2) is 5.82 Å². The normalized spacial score (nSPS) is 9.67. The van der Waals surface area contributed by atoms with Crippen LogP contribution in [-0.2, 0) is 16.5 Å². The van der Waals surface area contributed by atoms with Crippen LogP contribution < -0.4 is 5.32 Å². The van der Waals surface area contributed by atoms with E-state index in [4.69, 9.17) is 9.47 Å². The molecule has 0 radical (unpaired) electrons. The molecule has 0 saturated carbocycles. The van der Waals surface area contributed by atoms with Gasteiger partial charge in [-0.05, 0) is 6.92 Å². The van der Waals surface area contributed by atoms with Gasteiger partial charge in [0.2, 0.25) is 5.82 Å². The highest BCUT2D eigenvalue weighted by atomic mass is 16.5. The zero-order chi connectivity index (χ0) is 13.5. The van der Waals surface area contributed by atoms with Gasteiger partial charge in [0.25, 0.3) is 0 Å². The maximum atomic E-state index is 11.5. The molecule has 0 spiro atoms. The number of hydrogen-bond acceptors (Lipinski definition) is 5. The number of rotatable bonds is 5. The van der Waals surface area contributed by atoms with Crippen LogP contribution in [0.2, 0.25) is 0 Å². The highest BCUT2D eigenvalue weighted by molar-refractivity contribution is 5.88. The summed E-state index contributed by atoms with van der Waals surface area (Å²) in [5, 5.41) is 2.39. The van der Waals surface area contributed by atoms with Crippen LogP contribution in [0.15, 0.2) is 18.9 Å². The first-order valence-corrected chi connectivity index (χ1v) is 5.33. The summed E-state index contributed by atoms with van der Waals surface area (Å²) in [5.41, 5.74) is 0. The molecule has 1 N–H and O–H groups in total. The molecule has 1 aromatic heterocycles. The summed E-state index contributed by atoms with van der Waals surface area (Å²) in [6.45, 7) is 5.48. The van der Waals surface area contributed by atoms with Gasteiger partial charge in [0.1, 0.15) is 6.61 Å². The summed E-state index contributed by atoms with van der Waals surface area (Å²) in [6, 6.07) is 0. The van der Waals surface area contributed by atoms with E-state index in [1.165, 1.54) is 16.8 Å². The van der Waals surface area contributed by atoms with Crippen molar-refractivity contribution in [3.05, 3.63) is 24.7 Å². The minimum atomic E-state index is -0.664. The molecule has 0 bridgehead atoms. The Morgan fingerprint density at radius 3 is 2.89 bits per heavy atom. The summed E-state index contributed by atoms with van der Waals surface area (Å²) in [6.07, 6.45) is 2.27. The second-order valence-electron chi connectivity index (χ2n) is 3.29. The largest absolute Gasteiger partial charge is 0.460 e. The smallest absolute Gasteiger partial charge is 0.413 e. The van der Waals surface area contributed by atoms with Crippen LogP contribution >= 0.6 is 0 Å². The van der Waals surface area contributed by atoms with Crippen LogP contribution in [-0.4, -0.2) is 34.8 Å². The molecule has 7 nitrogen and oxygen atoms in total. The number of esters is 1. The maximum Gasteiger partial charge on any atom is 0.413 e. The third-order valence-corrected chi connectivity index (χ3v) is 1.90. The first kappa shape index (κ1) is 13.8. The molecule has 1 amide bonds. The van der Waals surface area contributed by atoms with E-state index < -0.39 is 12.1 Å². The van der Waals surface area contributed by atoms with Gasteiger partial charge >= 0.3 is 12.1 Å². The van der Waals surface area contributed by atoms with Crippen LogP contribution in [0, 0.1) is 0 Å². The molecule has 0 aliphatic carbocycles. The molecule has 0 unspecified atom stereocenters. The zero-order valence-electron chi connectivity index (χ0n) is 10.3. The number of ether oxygens (including phenoxy) is 2. The van der Waals surface area contributed by atoms with Gasteiger partial charge < -0.3 is 14.0 Å².